The van der Waals surface area contributed by atoms with E-state index in [0.717, 1.165) is 42.8 Å². The third-order valence-electron chi connectivity index (χ3n) is 4.36. The Hall–Kier alpha value is -1.55. The fourth-order valence-corrected chi connectivity index (χ4v) is 3.31. The van der Waals surface area contributed by atoms with Crippen molar-refractivity contribution in [2.24, 2.45) is 11.8 Å². The van der Waals surface area contributed by atoms with E-state index in [0.29, 0.717) is 19.1 Å². The highest BCUT2D eigenvalue weighted by atomic mass is 16.5. The topological polar surface area (TPSA) is 49.8 Å². The van der Waals surface area contributed by atoms with Gasteiger partial charge in [-0.2, -0.15) is 0 Å². The first-order valence-corrected chi connectivity index (χ1v) is 8.11. The summed E-state index contributed by atoms with van der Waals surface area (Å²) in [5.41, 5.74) is 2.33. The van der Waals surface area contributed by atoms with E-state index in [2.05, 4.69) is 37.8 Å². The molecular formula is C18H27NO3. The summed E-state index contributed by atoms with van der Waals surface area (Å²) in [6.07, 6.45) is 1.72. The van der Waals surface area contributed by atoms with Crippen molar-refractivity contribution in [1.29, 1.82) is 0 Å². The number of benzene rings is 1. The minimum Gasteiger partial charge on any atom is -0.493 e. The molecule has 22 heavy (non-hydrogen) atoms. The molecule has 0 radical (unpaired) electrons. The molecule has 2 rings (SSSR count). The second kappa shape index (κ2) is 7.63. The summed E-state index contributed by atoms with van der Waals surface area (Å²) in [7, 11) is 0. The molecule has 122 valence electrons. The summed E-state index contributed by atoms with van der Waals surface area (Å²) in [6, 6.07) is 6.16. The van der Waals surface area contributed by atoms with Gasteiger partial charge in [0.05, 0.1) is 12.5 Å². The van der Waals surface area contributed by atoms with Gasteiger partial charge in [0, 0.05) is 19.6 Å². The van der Waals surface area contributed by atoms with E-state index in [9.17, 15) is 9.90 Å². The summed E-state index contributed by atoms with van der Waals surface area (Å²) in [4.78, 5) is 13.4. The average molecular weight is 305 g/mol. The van der Waals surface area contributed by atoms with E-state index < -0.39 is 5.97 Å². The molecule has 2 atom stereocenters. The first-order valence-electron chi connectivity index (χ1n) is 8.11. The van der Waals surface area contributed by atoms with Crippen LogP contribution >= 0.6 is 0 Å². The third kappa shape index (κ3) is 4.47. The molecular weight excluding hydrogens is 278 g/mol. The Morgan fingerprint density at radius 2 is 2.00 bits per heavy atom. The van der Waals surface area contributed by atoms with E-state index in [4.69, 9.17) is 4.74 Å². The molecule has 1 aromatic carbocycles. The van der Waals surface area contributed by atoms with Gasteiger partial charge in [0.1, 0.15) is 5.75 Å². The molecule has 4 heteroatoms. The molecule has 1 aromatic rings. The Bertz CT molecular complexity index is 495. The van der Waals surface area contributed by atoms with Crippen LogP contribution in [0, 0.1) is 25.7 Å². The van der Waals surface area contributed by atoms with E-state index in [-0.39, 0.29) is 5.92 Å². The Balaban J connectivity index is 1.77. The van der Waals surface area contributed by atoms with Crippen LogP contribution < -0.4 is 4.74 Å². The van der Waals surface area contributed by atoms with Gasteiger partial charge in [0.25, 0.3) is 0 Å². The average Bonchev–Trinajstić information content (AvgIpc) is 2.45. The number of nitrogens with zero attached hydrogens (tertiary/aromatic N) is 1. The Morgan fingerprint density at radius 3 is 2.64 bits per heavy atom. The van der Waals surface area contributed by atoms with Gasteiger partial charge >= 0.3 is 5.97 Å². The van der Waals surface area contributed by atoms with Crippen molar-refractivity contribution in [2.75, 3.05) is 26.2 Å². The lowest BCUT2D eigenvalue weighted by molar-refractivity contribution is -0.144. The highest BCUT2D eigenvalue weighted by molar-refractivity contribution is 5.70. The number of hydrogen-bond donors (Lipinski definition) is 1. The maximum Gasteiger partial charge on any atom is 0.307 e. The maximum absolute atomic E-state index is 11.2. The van der Waals surface area contributed by atoms with Gasteiger partial charge in [-0.05, 0) is 43.7 Å². The molecule has 0 aromatic heterocycles. The van der Waals surface area contributed by atoms with Crippen LogP contribution in [-0.2, 0) is 4.79 Å². The third-order valence-corrected chi connectivity index (χ3v) is 4.36. The second-order valence-electron chi connectivity index (χ2n) is 6.56. The molecule has 1 aliphatic rings. The molecule has 1 saturated heterocycles. The van der Waals surface area contributed by atoms with Gasteiger partial charge in [0.2, 0.25) is 0 Å². The predicted molar refractivity (Wildman–Crippen MR) is 87.4 cm³/mol. The fourth-order valence-electron chi connectivity index (χ4n) is 3.31. The number of rotatable bonds is 6. The molecule has 1 fully saturated rings. The Labute approximate surface area is 133 Å². The zero-order valence-electron chi connectivity index (χ0n) is 13.8. The van der Waals surface area contributed by atoms with Crippen LogP contribution in [0.3, 0.4) is 0 Å². The lowest BCUT2D eigenvalue weighted by atomic mass is 9.90. The van der Waals surface area contributed by atoms with Crippen molar-refractivity contribution in [3.05, 3.63) is 29.3 Å². The van der Waals surface area contributed by atoms with Crippen molar-refractivity contribution in [3.8, 4) is 5.75 Å². The molecule has 0 amide bonds. The number of aryl methyl sites for hydroxylation is 2. The number of piperidine rings is 1. The molecule has 0 spiro atoms. The zero-order valence-corrected chi connectivity index (χ0v) is 13.8. The van der Waals surface area contributed by atoms with Crippen LogP contribution in [0.2, 0.25) is 0 Å². The molecule has 2 unspecified atom stereocenters. The van der Waals surface area contributed by atoms with Crippen LogP contribution in [0.25, 0.3) is 0 Å². The second-order valence-corrected chi connectivity index (χ2v) is 6.56. The number of carboxylic acids is 1. The molecule has 1 N–H and O–H groups in total. The van der Waals surface area contributed by atoms with Gasteiger partial charge in [-0.25, -0.2) is 0 Å². The van der Waals surface area contributed by atoms with Crippen molar-refractivity contribution in [2.45, 2.75) is 33.6 Å². The lowest BCUT2D eigenvalue weighted by Gasteiger charge is -2.34. The molecule has 0 bridgehead atoms. The number of carboxylic acid groups (broad SMARTS) is 1. The Kier molecular flexibility index (Phi) is 5.83. The highest BCUT2D eigenvalue weighted by Crippen LogP contribution is 2.23. The van der Waals surface area contributed by atoms with E-state index in [1.54, 1.807) is 0 Å². The first-order chi connectivity index (χ1) is 10.5. The summed E-state index contributed by atoms with van der Waals surface area (Å²) < 4.78 is 5.92. The monoisotopic (exact) mass is 305 g/mol. The number of carbonyl (C=O) groups is 1. The van der Waals surface area contributed by atoms with Crippen LogP contribution in [0.4, 0.5) is 0 Å². The highest BCUT2D eigenvalue weighted by Gasteiger charge is 2.28. The number of para-hydroxylation sites is 1. The minimum absolute atomic E-state index is 0.219. The zero-order chi connectivity index (χ0) is 16.1. The summed E-state index contributed by atoms with van der Waals surface area (Å²) in [5, 5.41) is 9.20. The number of likely N-dealkylation sites (tertiary alicyclic amines) is 1. The van der Waals surface area contributed by atoms with E-state index in [1.807, 2.05) is 6.07 Å². The molecule has 0 aliphatic carbocycles. The van der Waals surface area contributed by atoms with Crippen LogP contribution in [0.5, 0.6) is 5.75 Å². The normalized spacial score (nSPS) is 22.5. The lowest BCUT2D eigenvalue weighted by Crippen LogP contribution is -2.43. The van der Waals surface area contributed by atoms with Gasteiger partial charge in [0.15, 0.2) is 0 Å². The molecule has 4 nitrogen and oxygen atoms in total. The predicted octanol–water partition coefficient (Wildman–Crippen LogP) is 3.11. The first kappa shape index (κ1) is 16.8. The molecule has 1 aliphatic heterocycles. The SMILES string of the molecule is Cc1cccc(C)c1OCCCN1CC(C)CC(C(=O)O)C1. The van der Waals surface area contributed by atoms with Crippen LogP contribution in [0.15, 0.2) is 18.2 Å². The van der Waals surface area contributed by atoms with Gasteiger partial charge in [-0.15, -0.1) is 0 Å². The summed E-state index contributed by atoms with van der Waals surface area (Å²) in [6.45, 7) is 9.50. The van der Waals surface area contributed by atoms with Gasteiger partial charge in [-0.3, -0.25) is 4.79 Å². The fraction of sp³-hybridized carbons (Fsp3) is 0.611. The van der Waals surface area contributed by atoms with Crippen molar-refractivity contribution < 1.29 is 14.6 Å². The van der Waals surface area contributed by atoms with Gasteiger partial charge < -0.3 is 14.7 Å². The number of ether oxygens (including phenoxy) is 1. The van der Waals surface area contributed by atoms with E-state index in [1.165, 1.54) is 0 Å². The van der Waals surface area contributed by atoms with Gasteiger partial charge in [-0.1, -0.05) is 25.1 Å². The quantitative estimate of drug-likeness (QED) is 0.820. The van der Waals surface area contributed by atoms with Crippen molar-refractivity contribution in [1.82, 2.24) is 4.90 Å². The summed E-state index contributed by atoms with van der Waals surface area (Å²) in [5.74, 6) is 0.555. The minimum atomic E-state index is -0.664. The smallest absolute Gasteiger partial charge is 0.307 e. The largest absolute Gasteiger partial charge is 0.493 e. The van der Waals surface area contributed by atoms with Crippen LogP contribution in [-0.4, -0.2) is 42.2 Å². The number of aliphatic carboxylic acids is 1. The summed E-state index contributed by atoms with van der Waals surface area (Å²) >= 11 is 0. The maximum atomic E-state index is 11.2. The molecule has 0 saturated carbocycles. The van der Waals surface area contributed by atoms with Crippen LogP contribution in [0.1, 0.15) is 30.9 Å². The Morgan fingerprint density at radius 1 is 1.32 bits per heavy atom. The van der Waals surface area contributed by atoms with Crippen molar-refractivity contribution in [3.63, 3.8) is 0 Å². The van der Waals surface area contributed by atoms with Crippen molar-refractivity contribution >= 4 is 5.97 Å². The van der Waals surface area contributed by atoms with E-state index >= 15 is 0 Å². The standard InChI is InChI=1S/C18H27NO3/c1-13-10-16(18(20)21)12-19(11-13)8-5-9-22-17-14(2)6-4-7-15(17)3/h4,6-7,13,16H,5,8-12H2,1-3H3,(H,20,21). The molecule has 1 heterocycles. The number of hydrogen-bond acceptors (Lipinski definition) is 3.